The highest BCUT2D eigenvalue weighted by atomic mass is 79.9. The van der Waals surface area contributed by atoms with Gasteiger partial charge in [0, 0.05) is 42.4 Å². The molecule has 1 aromatic carbocycles. The van der Waals surface area contributed by atoms with Gasteiger partial charge in [0.2, 0.25) is 11.9 Å². The van der Waals surface area contributed by atoms with E-state index in [-0.39, 0.29) is 5.91 Å². The van der Waals surface area contributed by atoms with Crippen molar-refractivity contribution in [2.24, 2.45) is 0 Å². The van der Waals surface area contributed by atoms with Crippen molar-refractivity contribution in [3.63, 3.8) is 0 Å². The van der Waals surface area contributed by atoms with Crippen LogP contribution in [0.25, 0.3) is 0 Å². The van der Waals surface area contributed by atoms with Crippen molar-refractivity contribution < 1.29 is 4.79 Å². The normalized spacial score (nSPS) is 13.6. The summed E-state index contributed by atoms with van der Waals surface area (Å²) in [5.74, 6) is 0.737. The molecule has 1 aliphatic rings. The van der Waals surface area contributed by atoms with E-state index in [1.807, 2.05) is 17.0 Å². The van der Waals surface area contributed by atoms with Gasteiger partial charge in [0.05, 0.1) is 0 Å². The monoisotopic (exact) mass is 374 g/mol. The number of amides is 1. The predicted octanol–water partition coefficient (Wildman–Crippen LogP) is 3.23. The predicted molar refractivity (Wildman–Crippen MR) is 92.9 cm³/mol. The van der Waals surface area contributed by atoms with E-state index in [0.29, 0.717) is 31.5 Å². The molecular weight excluding hydrogens is 356 g/mol. The summed E-state index contributed by atoms with van der Waals surface area (Å²) in [5.41, 5.74) is 1.15. The lowest BCUT2D eigenvalue weighted by Crippen LogP contribution is -2.33. The van der Waals surface area contributed by atoms with Crippen molar-refractivity contribution in [3.05, 3.63) is 52.8 Å². The molecule has 0 atom stereocenters. The number of anilines is 1. The van der Waals surface area contributed by atoms with Crippen molar-refractivity contribution in [2.75, 3.05) is 11.9 Å². The van der Waals surface area contributed by atoms with Crippen molar-refractivity contribution in [3.8, 4) is 0 Å². The first-order valence-corrected chi connectivity index (χ1v) is 8.56. The quantitative estimate of drug-likeness (QED) is 0.807. The van der Waals surface area contributed by atoms with Crippen LogP contribution in [0.15, 0.2) is 47.2 Å². The Balaban J connectivity index is 1.54. The summed E-state index contributed by atoms with van der Waals surface area (Å²) in [6.45, 7) is 1.22. The molecule has 3 rings (SSSR count). The van der Waals surface area contributed by atoms with Crippen LogP contribution in [0.2, 0.25) is 0 Å². The van der Waals surface area contributed by atoms with Gasteiger partial charge < -0.3 is 10.2 Å². The maximum Gasteiger partial charge on any atom is 0.224 e. The maximum absolute atomic E-state index is 12.5. The molecule has 0 unspecified atom stereocenters. The molecule has 5 nitrogen and oxygen atoms in total. The summed E-state index contributed by atoms with van der Waals surface area (Å²) in [6, 6.07) is 10.3. The van der Waals surface area contributed by atoms with E-state index in [9.17, 15) is 4.79 Å². The Bertz CT molecular complexity index is 661. The molecule has 1 aromatic heterocycles. The van der Waals surface area contributed by atoms with E-state index >= 15 is 0 Å². The van der Waals surface area contributed by atoms with E-state index in [0.717, 1.165) is 22.9 Å². The lowest BCUT2D eigenvalue weighted by molar-refractivity contribution is -0.132. The first kappa shape index (κ1) is 15.9. The topological polar surface area (TPSA) is 58.1 Å². The number of benzene rings is 1. The molecule has 1 heterocycles. The van der Waals surface area contributed by atoms with Gasteiger partial charge in [-0.2, -0.15) is 0 Å². The van der Waals surface area contributed by atoms with Gasteiger partial charge in [-0.1, -0.05) is 28.1 Å². The van der Waals surface area contributed by atoms with Gasteiger partial charge >= 0.3 is 0 Å². The van der Waals surface area contributed by atoms with Gasteiger partial charge in [-0.3, -0.25) is 4.79 Å². The van der Waals surface area contributed by atoms with E-state index < -0.39 is 0 Å². The lowest BCUT2D eigenvalue weighted by Gasteiger charge is -2.23. The Morgan fingerprint density at radius 2 is 2.04 bits per heavy atom. The second-order valence-corrected chi connectivity index (χ2v) is 6.55. The fraction of sp³-hybridized carbons (Fsp3) is 0.353. The summed E-state index contributed by atoms with van der Waals surface area (Å²) < 4.78 is 1.04. The first-order chi connectivity index (χ1) is 11.2. The average molecular weight is 375 g/mol. The fourth-order valence-corrected chi connectivity index (χ4v) is 2.90. The fourth-order valence-electron chi connectivity index (χ4n) is 2.45. The summed E-state index contributed by atoms with van der Waals surface area (Å²) in [5, 5.41) is 3.09. The third kappa shape index (κ3) is 4.76. The Morgan fingerprint density at radius 3 is 2.74 bits per heavy atom. The van der Waals surface area contributed by atoms with Crippen LogP contribution in [-0.2, 0) is 11.3 Å². The molecule has 1 fully saturated rings. The number of nitrogens with zero attached hydrogens (tertiary/aromatic N) is 3. The zero-order valence-corrected chi connectivity index (χ0v) is 14.4. The SMILES string of the molecule is O=C(CCNc1ncccn1)N(Cc1cccc(Br)c1)C1CC1. The smallest absolute Gasteiger partial charge is 0.224 e. The number of hydrogen-bond acceptors (Lipinski definition) is 4. The molecule has 0 spiro atoms. The minimum absolute atomic E-state index is 0.177. The van der Waals surface area contributed by atoms with Crippen LogP contribution in [0, 0.1) is 0 Å². The second kappa shape index (κ2) is 7.55. The van der Waals surface area contributed by atoms with Crippen molar-refractivity contribution in [1.82, 2.24) is 14.9 Å². The van der Waals surface area contributed by atoms with Crippen LogP contribution in [0.4, 0.5) is 5.95 Å². The lowest BCUT2D eigenvalue weighted by atomic mass is 10.2. The number of aromatic nitrogens is 2. The van der Waals surface area contributed by atoms with E-state index in [4.69, 9.17) is 0 Å². The molecule has 0 saturated heterocycles. The van der Waals surface area contributed by atoms with Gasteiger partial charge in [-0.05, 0) is 36.6 Å². The number of hydrogen-bond donors (Lipinski definition) is 1. The third-order valence-electron chi connectivity index (χ3n) is 3.74. The second-order valence-electron chi connectivity index (χ2n) is 5.63. The minimum atomic E-state index is 0.177. The molecule has 6 heteroatoms. The maximum atomic E-state index is 12.5. The summed E-state index contributed by atoms with van der Waals surface area (Å²) >= 11 is 3.48. The standard InChI is InChI=1S/C17H19BrN4O/c18-14-4-1-3-13(11-14)12-22(15-5-6-15)16(23)7-10-21-17-19-8-2-9-20-17/h1-4,8-9,11,15H,5-7,10,12H2,(H,19,20,21). The first-order valence-electron chi connectivity index (χ1n) is 7.77. The number of carbonyl (C=O) groups is 1. The van der Waals surface area contributed by atoms with Crippen LogP contribution < -0.4 is 5.32 Å². The van der Waals surface area contributed by atoms with Crippen LogP contribution in [-0.4, -0.2) is 33.4 Å². The molecule has 1 aliphatic carbocycles. The van der Waals surface area contributed by atoms with Gasteiger partial charge in [-0.15, -0.1) is 0 Å². The zero-order chi connectivity index (χ0) is 16.1. The van der Waals surface area contributed by atoms with Crippen LogP contribution in [0.1, 0.15) is 24.8 Å². The Kier molecular flexibility index (Phi) is 5.23. The van der Waals surface area contributed by atoms with E-state index in [1.54, 1.807) is 18.5 Å². The highest BCUT2D eigenvalue weighted by Crippen LogP contribution is 2.29. The van der Waals surface area contributed by atoms with Crippen molar-refractivity contribution in [1.29, 1.82) is 0 Å². The molecule has 23 heavy (non-hydrogen) atoms. The largest absolute Gasteiger partial charge is 0.354 e. The zero-order valence-electron chi connectivity index (χ0n) is 12.8. The molecule has 2 aromatic rings. The van der Waals surface area contributed by atoms with E-state index in [1.165, 1.54) is 0 Å². The summed E-state index contributed by atoms with van der Waals surface area (Å²) in [7, 11) is 0. The summed E-state index contributed by atoms with van der Waals surface area (Å²) in [4.78, 5) is 22.7. The Labute approximate surface area is 144 Å². The van der Waals surface area contributed by atoms with Crippen molar-refractivity contribution in [2.45, 2.75) is 31.8 Å². The number of halogens is 1. The average Bonchev–Trinajstić information content (AvgIpc) is 3.38. The molecule has 0 bridgehead atoms. The molecule has 120 valence electrons. The Morgan fingerprint density at radius 1 is 1.26 bits per heavy atom. The van der Waals surface area contributed by atoms with Crippen LogP contribution >= 0.6 is 15.9 Å². The highest BCUT2D eigenvalue weighted by Gasteiger charge is 2.32. The number of rotatable bonds is 7. The molecule has 1 saturated carbocycles. The van der Waals surface area contributed by atoms with Gasteiger partial charge in [0.25, 0.3) is 0 Å². The molecule has 1 amide bonds. The number of nitrogens with one attached hydrogen (secondary N) is 1. The highest BCUT2D eigenvalue weighted by molar-refractivity contribution is 9.10. The molecule has 1 N–H and O–H groups in total. The van der Waals surface area contributed by atoms with Gasteiger partial charge in [-0.25, -0.2) is 9.97 Å². The van der Waals surface area contributed by atoms with Gasteiger partial charge in [0.1, 0.15) is 0 Å². The molecular formula is C17H19BrN4O. The molecule has 0 aliphatic heterocycles. The van der Waals surface area contributed by atoms with Crippen LogP contribution in [0.5, 0.6) is 0 Å². The molecule has 0 radical (unpaired) electrons. The van der Waals surface area contributed by atoms with Crippen LogP contribution in [0.3, 0.4) is 0 Å². The van der Waals surface area contributed by atoms with E-state index in [2.05, 4.69) is 43.3 Å². The number of carbonyl (C=O) groups excluding carboxylic acids is 1. The Hall–Kier alpha value is -1.95. The minimum Gasteiger partial charge on any atom is -0.354 e. The summed E-state index contributed by atoms with van der Waals surface area (Å²) in [6.07, 6.45) is 6.02. The third-order valence-corrected chi connectivity index (χ3v) is 4.23. The van der Waals surface area contributed by atoms with Crippen molar-refractivity contribution >= 4 is 27.8 Å². The van der Waals surface area contributed by atoms with Gasteiger partial charge in [0.15, 0.2) is 0 Å².